The summed E-state index contributed by atoms with van der Waals surface area (Å²) in [5.74, 6) is 0.530. The minimum atomic E-state index is -0.142. The largest absolute Gasteiger partial charge is 0.313 e. The van der Waals surface area contributed by atoms with Crippen molar-refractivity contribution in [2.24, 2.45) is 5.92 Å². The summed E-state index contributed by atoms with van der Waals surface area (Å²) in [4.78, 5) is 0. The molecule has 0 amide bonds. The highest BCUT2D eigenvalue weighted by Gasteiger charge is 2.17. The second-order valence-corrected chi connectivity index (χ2v) is 6.23. The highest BCUT2D eigenvalue weighted by molar-refractivity contribution is 5.57. The number of hydrogen-bond donors (Lipinski definition) is 1. The van der Waals surface area contributed by atoms with E-state index in [0.29, 0.717) is 5.92 Å². The van der Waals surface area contributed by atoms with Gasteiger partial charge in [-0.1, -0.05) is 43.9 Å². The average Bonchev–Trinajstić information content (AvgIpc) is 2.51. The van der Waals surface area contributed by atoms with Crippen LogP contribution in [0.5, 0.6) is 0 Å². The van der Waals surface area contributed by atoms with Gasteiger partial charge in [-0.2, -0.15) is 0 Å². The molecule has 0 bridgehead atoms. The topological polar surface area (TPSA) is 12.0 Å². The number of benzene rings is 1. The van der Waals surface area contributed by atoms with Gasteiger partial charge < -0.3 is 5.32 Å². The molecule has 1 N–H and O–H groups in total. The van der Waals surface area contributed by atoms with E-state index < -0.39 is 0 Å². The third-order valence-corrected chi connectivity index (χ3v) is 4.47. The van der Waals surface area contributed by atoms with Crippen molar-refractivity contribution in [3.63, 3.8) is 0 Å². The summed E-state index contributed by atoms with van der Waals surface area (Å²) >= 11 is 0. The van der Waals surface area contributed by atoms with Gasteiger partial charge >= 0.3 is 0 Å². The number of rotatable bonds is 6. The summed E-state index contributed by atoms with van der Waals surface area (Å²) in [5.41, 5.74) is 3.64. The minimum Gasteiger partial charge on any atom is -0.313 e. The molecule has 0 aromatic heterocycles. The summed E-state index contributed by atoms with van der Waals surface area (Å²) in [6.07, 6.45) is 9.98. The molecule has 0 atom stereocenters. The normalized spacial score (nSPS) is 17.2. The summed E-state index contributed by atoms with van der Waals surface area (Å²) in [6.45, 7) is 6.23. The van der Waals surface area contributed by atoms with E-state index in [1.54, 1.807) is 12.1 Å². The molecule has 0 heterocycles. The number of nitrogens with one attached hydrogen (secondary N) is 1. The first-order chi connectivity index (χ1) is 10.2. The quantitative estimate of drug-likeness (QED) is 0.719. The second kappa shape index (κ2) is 8.33. The molecule has 0 aliphatic heterocycles. The highest BCUT2D eigenvalue weighted by atomic mass is 19.1. The Balaban J connectivity index is 2.19. The Morgan fingerprint density at radius 1 is 1.29 bits per heavy atom. The zero-order chi connectivity index (χ0) is 15.1. The zero-order valence-corrected chi connectivity index (χ0v) is 13.4. The Morgan fingerprint density at radius 3 is 2.76 bits per heavy atom. The molecular formula is C19H28FN. The summed E-state index contributed by atoms with van der Waals surface area (Å²) in [7, 11) is 0. The SMILES string of the molecule is CCCNC/C(=C/c1cc(F)ccc1C)C1CCCCC1. The van der Waals surface area contributed by atoms with E-state index in [2.05, 4.69) is 25.2 Å². The molecule has 2 heteroatoms. The van der Waals surface area contributed by atoms with Crippen LogP contribution < -0.4 is 5.32 Å². The molecule has 0 spiro atoms. The van der Waals surface area contributed by atoms with Gasteiger partial charge in [-0.15, -0.1) is 0 Å². The van der Waals surface area contributed by atoms with Crippen molar-refractivity contribution in [1.29, 1.82) is 0 Å². The minimum absolute atomic E-state index is 0.142. The zero-order valence-electron chi connectivity index (χ0n) is 13.4. The van der Waals surface area contributed by atoms with Crippen LogP contribution in [0.2, 0.25) is 0 Å². The van der Waals surface area contributed by atoms with Gasteiger partial charge in [0, 0.05) is 6.54 Å². The maximum absolute atomic E-state index is 13.5. The van der Waals surface area contributed by atoms with E-state index in [9.17, 15) is 4.39 Å². The first kappa shape index (κ1) is 16.2. The van der Waals surface area contributed by atoms with Gasteiger partial charge in [0.1, 0.15) is 5.82 Å². The van der Waals surface area contributed by atoms with Gasteiger partial charge in [-0.3, -0.25) is 0 Å². The Kier molecular flexibility index (Phi) is 6.44. The van der Waals surface area contributed by atoms with Gasteiger partial charge in [0.05, 0.1) is 0 Å². The fraction of sp³-hybridized carbons (Fsp3) is 0.579. The Morgan fingerprint density at radius 2 is 2.05 bits per heavy atom. The van der Waals surface area contributed by atoms with Crippen molar-refractivity contribution in [2.45, 2.75) is 52.4 Å². The van der Waals surface area contributed by atoms with Crippen LogP contribution in [0.15, 0.2) is 23.8 Å². The van der Waals surface area contributed by atoms with E-state index in [0.717, 1.165) is 30.6 Å². The van der Waals surface area contributed by atoms with Crippen molar-refractivity contribution in [2.75, 3.05) is 13.1 Å². The van der Waals surface area contributed by atoms with Crippen LogP contribution in [0, 0.1) is 18.7 Å². The maximum Gasteiger partial charge on any atom is 0.123 e. The predicted molar refractivity (Wildman–Crippen MR) is 88.8 cm³/mol. The maximum atomic E-state index is 13.5. The van der Waals surface area contributed by atoms with Gasteiger partial charge in [0.25, 0.3) is 0 Å². The molecule has 1 nitrogen and oxygen atoms in total. The number of halogens is 1. The molecule has 1 aromatic carbocycles. The molecule has 21 heavy (non-hydrogen) atoms. The Hall–Kier alpha value is -1.15. The summed E-state index contributed by atoms with van der Waals surface area (Å²) in [5, 5.41) is 3.52. The third kappa shape index (κ3) is 4.96. The lowest BCUT2D eigenvalue weighted by atomic mass is 9.82. The molecule has 2 rings (SSSR count). The standard InChI is InChI=1S/C19H28FN/c1-3-11-21-14-18(16-7-5-4-6-8-16)12-17-13-19(20)10-9-15(17)2/h9-10,12-13,16,21H,3-8,11,14H2,1-2H3/b18-12-. The molecule has 1 aliphatic rings. The van der Waals surface area contributed by atoms with E-state index in [-0.39, 0.29) is 5.82 Å². The highest BCUT2D eigenvalue weighted by Crippen LogP contribution is 2.31. The van der Waals surface area contributed by atoms with Crippen molar-refractivity contribution in [3.05, 3.63) is 40.7 Å². The van der Waals surface area contributed by atoms with Gasteiger partial charge in [-0.25, -0.2) is 4.39 Å². The van der Waals surface area contributed by atoms with Crippen LogP contribution in [0.1, 0.15) is 56.6 Å². The van der Waals surface area contributed by atoms with Crippen molar-refractivity contribution < 1.29 is 4.39 Å². The van der Waals surface area contributed by atoms with Crippen molar-refractivity contribution in [3.8, 4) is 0 Å². The molecule has 0 unspecified atom stereocenters. The first-order valence-electron chi connectivity index (χ1n) is 8.38. The van der Waals surface area contributed by atoms with Crippen LogP contribution in [-0.2, 0) is 0 Å². The van der Waals surface area contributed by atoms with Crippen molar-refractivity contribution in [1.82, 2.24) is 5.32 Å². The smallest absolute Gasteiger partial charge is 0.123 e. The van der Waals surface area contributed by atoms with Crippen LogP contribution >= 0.6 is 0 Å². The van der Waals surface area contributed by atoms with Crippen LogP contribution in [0.25, 0.3) is 6.08 Å². The lowest BCUT2D eigenvalue weighted by Gasteiger charge is -2.25. The second-order valence-electron chi connectivity index (χ2n) is 6.23. The molecule has 0 radical (unpaired) electrons. The van der Waals surface area contributed by atoms with Crippen LogP contribution in [0.3, 0.4) is 0 Å². The Bertz CT molecular complexity index is 472. The van der Waals surface area contributed by atoms with Crippen molar-refractivity contribution >= 4 is 6.08 Å². The summed E-state index contributed by atoms with van der Waals surface area (Å²) in [6, 6.07) is 5.08. The predicted octanol–water partition coefficient (Wildman–Crippen LogP) is 5.10. The number of aryl methyl sites for hydroxylation is 1. The molecule has 1 aliphatic carbocycles. The van der Waals surface area contributed by atoms with E-state index in [4.69, 9.17) is 0 Å². The molecule has 116 valence electrons. The first-order valence-corrected chi connectivity index (χ1v) is 8.38. The van der Waals surface area contributed by atoms with E-state index >= 15 is 0 Å². The number of hydrogen-bond acceptors (Lipinski definition) is 1. The molecule has 1 aromatic rings. The molecular weight excluding hydrogens is 261 g/mol. The lowest BCUT2D eigenvalue weighted by Crippen LogP contribution is -2.23. The van der Waals surface area contributed by atoms with Crippen LogP contribution in [-0.4, -0.2) is 13.1 Å². The lowest BCUT2D eigenvalue weighted by molar-refractivity contribution is 0.396. The molecule has 1 fully saturated rings. The average molecular weight is 289 g/mol. The van der Waals surface area contributed by atoms with Gasteiger partial charge in [-0.05, 0) is 61.9 Å². The Labute approximate surface area is 128 Å². The molecule has 0 saturated heterocycles. The van der Waals surface area contributed by atoms with Gasteiger partial charge in [0.15, 0.2) is 0 Å². The van der Waals surface area contributed by atoms with E-state index in [1.165, 1.54) is 37.7 Å². The summed E-state index contributed by atoms with van der Waals surface area (Å²) < 4.78 is 13.5. The monoisotopic (exact) mass is 289 g/mol. The molecule has 1 saturated carbocycles. The fourth-order valence-corrected chi connectivity index (χ4v) is 3.16. The fourth-order valence-electron chi connectivity index (χ4n) is 3.16. The van der Waals surface area contributed by atoms with Crippen LogP contribution in [0.4, 0.5) is 4.39 Å². The van der Waals surface area contributed by atoms with Gasteiger partial charge in [0.2, 0.25) is 0 Å². The van der Waals surface area contributed by atoms with E-state index in [1.807, 2.05) is 6.07 Å². The third-order valence-electron chi connectivity index (χ3n) is 4.47.